The summed E-state index contributed by atoms with van der Waals surface area (Å²) in [4.78, 5) is 17.6. The van der Waals surface area contributed by atoms with Crippen molar-refractivity contribution >= 4 is 11.6 Å². The Kier molecular flexibility index (Phi) is 8.66. The van der Waals surface area contributed by atoms with Crippen molar-refractivity contribution in [3.05, 3.63) is 113 Å². The number of aromatic nitrogens is 4. The van der Waals surface area contributed by atoms with E-state index < -0.39 is 6.10 Å². The number of hydrogen-bond donors (Lipinski definition) is 2. The molecule has 1 unspecified atom stereocenters. The number of carbonyl (C=O) groups is 1. The van der Waals surface area contributed by atoms with Gasteiger partial charge in [0.15, 0.2) is 0 Å². The first-order valence-electron chi connectivity index (χ1n) is 14.0. The Labute approximate surface area is 241 Å². The van der Waals surface area contributed by atoms with E-state index in [9.17, 15) is 9.90 Å². The molecule has 2 aromatic heterocycles. The summed E-state index contributed by atoms with van der Waals surface area (Å²) in [7, 11) is 0. The Hall–Kier alpha value is -4.21. The highest BCUT2D eigenvalue weighted by atomic mass is 16.3. The lowest BCUT2D eigenvalue weighted by molar-refractivity contribution is 0.0430. The van der Waals surface area contributed by atoms with Crippen LogP contribution in [0.4, 0.5) is 5.69 Å². The number of fused-ring (bicyclic) bond motifs is 2. The van der Waals surface area contributed by atoms with Gasteiger partial charge in [-0.05, 0) is 58.9 Å². The van der Waals surface area contributed by atoms with Gasteiger partial charge >= 0.3 is 0 Å². The molecular weight excluding hydrogens is 514 g/mol. The molecule has 3 N–H and O–H groups in total. The molecule has 1 atom stereocenters. The van der Waals surface area contributed by atoms with Crippen molar-refractivity contribution in [2.45, 2.75) is 44.8 Å². The van der Waals surface area contributed by atoms with E-state index in [1.165, 1.54) is 17.3 Å². The Morgan fingerprint density at radius 1 is 0.927 bits per heavy atom. The summed E-state index contributed by atoms with van der Waals surface area (Å²) >= 11 is 0. The summed E-state index contributed by atoms with van der Waals surface area (Å²) in [5.41, 5.74) is 12.4. The van der Waals surface area contributed by atoms with E-state index in [0.29, 0.717) is 31.7 Å². The van der Waals surface area contributed by atoms with Crippen LogP contribution in [-0.2, 0) is 24.8 Å². The Morgan fingerprint density at radius 2 is 1.68 bits per heavy atom. The van der Waals surface area contributed by atoms with Crippen LogP contribution >= 0.6 is 0 Å². The van der Waals surface area contributed by atoms with E-state index in [-0.39, 0.29) is 11.3 Å². The molecule has 1 amide bonds. The molecule has 2 aliphatic heterocycles. The fourth-order valence-electron chi connectivity index (χ4n) is 5.70. The van der Waals surface area contributed by atoms with Gasteiger partial charge in [0, 0.05) is 49.9 Å². The first kappa shape index (κ1) is 28.3. The minimum absolute atomic E-state index is 0.00654. The average Bonchev–Trinajstić information content (AvgIpc) is 2.97. The fourth-order valence-corrected chi connectivity index (χ4v) is 5.70. The van der Waals surface area contributed by atoms with Crippen LogP contribution in [0.25, 0.3) is 0 Å². The topological polar surface area (TPSA) is 121 Å². The standard InChI is InChI=1S/C28H32N4O2.C4H5N3/c1-28(2)19-32(18-24(33)17-31-12-10-22-5-3-4-6-23(22)16-31)27(34)25-14-20(7-8-26(25)28)13-21-9-11-29-30-15-21;5-4-1-2-6-7-3-4/h3-9,11,14-15,24,33H,10,12-13,16-19H2,1-2H3;1-3H,(H2,5,6). The van der Waals surface area contributed by atoms with Crippen molar-refractivity contribution in [3.8, 4) is 0 Å². The Bertz CT molecular complexity index is 1460. The molecule has 0 fully saturated rings. The number of rotatable bonds is 6. The first-order chi connectivity index (χ1) is 19.8. The van der Waals surface area contributed by atoms with Crippen molar-refractivity contribution in [2.24, 2.45) is 0 Å². The number of benzene rings is 2. The van der Waals surface area contributed by atoms with E-state index in [1.807, 2.05) is 17.0 Å². The number of aliphatic hydroxyl groups excluding tert-OH is 1. The summed E-state index contributed by atoms with van der Waals surface area (Å²) in [6.07, 6.45) is 7.61. The number of nitrogens with zero attached hydrogens (tertiary/aromatic N) is 6. The minimum atomic E-state index is -0.586. The van der Waals surface area contributed by atoms with Gasteiger partial charge in [-0.3, -0.25) is 9.69 Å². The first-order valence-corrected chi connectivity index (χ1v) is 14.0. The molecule has 4 aromatic rings. The molecule has 0 aliphatic carbocycles. The Morgan fingerprint density at radius 3 is 2.37 bits per heavy atom. The summed E-state index contributed by atoms with van der Waals surface area (Å²) in [5.74, 6) is 0.00654. The predicted octanol–water partition coefficient (Wildman–Crippen LogP) is 3.28. The molecule has 41 heavy (non-hydrogen) atoms. The van der Waals surface area contributed by atoms with E-state index in [0.717, 1.165) is 41.8 Å². The summed E-state index contributed by atoms with van der Waals surface area (Å²) in [5, 5.41) is 25.8. The zero-order valence-electron chi connectivity index (χ0n) is 23.6. The number of aliphatic hydroxyl groups is 1. The number of β-amino-alcohol motifs (C(OH)–C–C–N with tert-alkyl or cyclic N) is 1. The van der Waals surface area contributed by atoms with Crippen molar-refractivity contribution in [1.29, 1.82) is 0 Å². The molecule has 0 saturated heterocycles. The number of amides is 1. The predicted molar refractivity (Wildman–Crippen MR) is 158 cm³/mol. The third-order valence-corrected chi connectivity index (χ3v) is 7.69. The van der Waals surface area contributed by atoms with Gasteiger partial charge in [-0.25, -0.2) is 0 Å². The molecular formula is C32H37N7O2. The van der Waals surface area contributed by atoms with Gasteiger partial charge in [-0.15, -0.1) is 0 Å². The maximum absolute atomic E-state index is 13.5. The van der Waals surface area contributed by atoms with Crippen LogP contribution in [0.15, 0.2) is 79.4 Å². The monoisotopic (exact) mass is 551 g/mol. The number of nitrogens with two attached hydrogens (primary N) is 1. The van der Waals surface area contributed by atoms with Crippen molar-refractivity contribution in [2.75, 3.05) is 31.9 Å². The average molecular weight is 552 g/mol. The third kappa shape index (κ3) is 7.11. The molecule has 0 radical (unpaired) electrons. The second kappa shape index (κ2) is 12.5. The van der Waals surface area contributed by atoms with Crippen LogP contribution in [0, 0.1) is 0 Å². The van der Waals surface area contributed by atoms with Crippen molar-refractivity contribution < 1.29 is 9.90 Å². The van der Waals surface area contributed by atoms with Gasteiger partial charge in [0.2, 0.25) is 0 Å². The smallest absolute Gasteiger partial charge is 0.254 e. The number of hydrogen-bond acceptors (Lipinski definition) is 8. The molecule has 0 bridgehead atoms. The molecule has 0 saturated carbocycles. The second-order valence-corrected chi connectivity index (χ2v) is 11.5. The van der Waals surface area contributed by atoms with Gasteiger partial charge in [0.05, 0.1) is 30.4 Å². The molecule has 212 valence electrons. The summed E-state index contributed by atoms with van der Waals surface area (Å²) in [6, 6.07) is 18.4. The van der Waals surface area contributed by atoms with Crippen molar-refractivity contribution in [3.63, 3.8) is 0 Å². The Balaban J connectivity index is 0.000000423. The van der Waals surface area contributed by atoms with Crippen molar-refractivity contribution in [1.82, 2.24) is 30.2 Å². The van der Waals surface area contributed by atoms with E-state index in [2.05, 4.69) is 75.5 Å². The summed E-state index contributed by atoms with van der Waals surface area (Å²) < 4.78 is 0. The minimum Gasteiger partial charge on any atom is -0.397 e. The molecule has 9 heteroatoms. The summed E-state index contributed by atoms with van der Waals surface area (Å²) in [6.45, 7) is 7.65. The highest BCUT2D eigenvalue weighted by Crippen LogP contribution is 2.34. The highest BCUT2D eigenvalue weighted by molar-refractivity contribution is 5.97. The van der Waals surface area contributed by atoms with Gasteiger partial charge in [0.1, 0.15) is 0 Å². The van der Waals surface area contributed by atoms with Crippen LogP contribution in [0.5, 0.6) is 0 Å². The van der Waals surface area contributed by atoms with Crippen LogP contribution in [-0.4, -0.2) is 73.5 Å². The zero-order chi connectivity index (χ0) is 28.8. The van der Waals surface area contributed by atoms with Gasteiger partial charge in [-0.1, -0.05) is 50.2 Å². The quantitative estimate of drug-likeness (QED) is 0.375. The SMILES string of the molecule is CC1(C)CN(CC(O)CN2CCc3ccccc3C2)C(=O)c2cc(Cc3ccnnc3)ccc21.Nc1ccnnc1. The number of carbonyl (C=O) groups excluding carboxylic acids is 1. The number of anilines is 1. The third-order valence-electron chi connectivity index (χ3n) is 7.69. The lowest BCUT2D eigenvalue weighted by Gasteiger charge is -2.41. The van der Waals surface area contributed by atoms with E-state index in [1.54, 1.807) is 24.7 Å². The van der Waals surface area contributed by atoms with Crippen LogP contribution in [0.2, 0.25) is 0 Å². The van der Waals surface area contributed by atoms with E-state index >= 15 is 0 Å². The molecule has 9 nitrogen and oxygen atoms in total. The molecule has 0 spiro atoms. The largest absolute Gasteiger partial charge is 0.397 e. The maximum Gasteiger partial charge on any atom is 0.254 e. The van der Waals surface area contributed by atoms with Gasteiger partial charge in [0.25, 0.3) is 5.91 Å². The number of nitrogen functional groups attached to an aromatic ring is 1. The van der Waals surface area contributed by atoms with E-state index in [4.69, 9.17) is 5.73 Å². The maximum atomic E-state index is 13.5. The molecule has 2 aromatic carbocycles. The fraction of sp³-hybridized carbons (Fsp3) is 0.344. The second-order valence-electron chi connectivity index (χ2n) is 11.5. The van der Waals surface area contributed by atoms with Crippen LogP contribution in [0.3, 0.4) is 0 Å². The molecule has 6 rings (SSSR count). The highest BCUT2D eigenvalue weighted by Gasteiger charge is 2.37. The zero-order valence-corrected chi connectivity index (χ0v) is 23.6. The molecule has 2 aliphatic rings. The lowest BCUT2D eigenvalue weighted by atomic mass is 9.77. The molecule has 4 heterocycles. The van der Waals surface area contributed by atoms with Gasteiger partial charge in [-0.2, -0.15) is 20.4 Å². The van der Waals surface area contributed by atoms with Gasteiger partial charge < -0.3 is 15.7 Å². The lowest BCUT2D eigenvalue weighted by Crippen LogP contribution is -2.51. The van der Waals surface area contributed by atoms with Crippen LogP contribution in [0.1, 0.15) is 52.0 Å². The normalized spacial score (nSPS) is 16.7. The van der Waals surface area contributed by atoms with Crippen LogP contribution < -0.4 is 5.73 Å².